The summed E-state index contributed by atoms with van der Waals surface area (Å²) in [4.78, 5) is 30.8. The molecule has 1 N–H and O–H groups in total. The second-order valence-corrected chi connectivity index (χ2v) is 9.68. The highest BCUT2D eigenvalue weighted by Gasteiger charge is 2.42. The van der Waals surface area contributed by atoms with Crippen molar-refractivity contribution in [3.05, 3.63) is 71.7 Å². The van der Waals surface area contributed by atoms with Gasteiger partial charge in [-0.25, -0.2) is 9.78 Å². The lowest BCUT2D eigenvalue weighted by molar-refractivity contribution is 0.226. The molecule has 6 rings (SSSR count). The molecule has 0 saturated heterocycles. The molecule has 3 aromatic rings. The molecular weight excluding hydrogens is 422 g/mol. The Kier molecular flexibility index (Phi) is 5.44. The van der Waals surface area contributed by atoms with Gasteiger partial charge in [0.1, 0.15) is 11.5 Å². The van der Waals surface area contributed by atoms with E-state index in [1.807, 2.05) is 15.9 Å². The van der Waals surface area contributed by atoms with Crippen LogP contribution in [-0.2, 0) is 6.42 Å². The zero-order valence-corrected chi connectivity index (χ0v) is 19.7. The van der Waals surface area contributed by atoms with E-state index in [-0.39, 0.29) is 12.1 Å². The minimum absolute atomic E-state index is 0.0106. The maximum Gasteiger partial charge on any atom is 0.331 e. The van der Waals surface area contributed by atoms with E-state index in [1.54, 1.807) is 0 Å². The monoisotopic (exact) mass is 453 g/mol. The molecule has 1 aromatic heterocycles. The lowest BCUT2D eigenvalue weighted by Gasteiger charge is -2.32. The van der Waals surface area contributed by atoms with E-state index in [9.17, 15) is 4.79 Å². The average molecular weight is 454 g/mol. The standard InChI is InChI=1S/C28H31N5O/c1-2-16-32-27-24(30-25(31-27)20-12-6-7-13-20)26-29-22(18-33(26)28(32)34)17-21-14-8-9-15-23(21)19-10-4-3-5-11-19/h3-5,8-11,14-15,20,22H,2,6-7,12-13,16-18H2,1H3,(H,30,31). The Balaban J connectivity index is 1.33. The van der Waals surface area contributed by atoms with Crippen LogP contribution in [0.15, 0.2) is 59.6 Å². The number of aromatic nitrogens is 2. The maximum absolute atomic E-state index is 13.5. The minimum atomic E-state index is 0.0106. The third-order valence-corrected chi connectivity index (χ3v) is 7.34. The van der Waals surface area contributed by atoms with Crippen LogP contribution in [0, 0.1) is 0 Å². The number of imidazole rings is 1. The first-order valence-corrected chi connectivity index (χ1v) is 12.6. The summed E-state index contributed by atoms with van der Waals surface area (Å²) in [5, 5.41) is 0. The van der Waals surface area contributed by atoms with Crippen molar-refractivity contribution in [2.75, 3.05) is 18.0 Å². The molecular formula is C28H31N5O. The van der Waals surface area contributed by atoms with Crippen molar-refractivity contribution in [3.8, 4) is 11.1 Å². The van der Waals surface area contributed by atoms with Crippen LogP contribution in [0.2, 0.25) is 0 Å². The zero-order valence-electron chi connectivity index (χ0n) is 19.7. The fourth-order valence-electron chi connectivity index (χ4n) is 5.70. The van der Waals surface area contributed by atoms with Crippen molar-refractivity contribution in [1.29, 1.82) is 0 Å². The van der Waals surface area contributed by atoms with E-state index in [4.69, 9.17) is 9.98 Å². The topological polar surface area (TPSA) is 64.6 Å². The van der Waals surface area contributed by atoms with Crippen molar-refractivity contribution in [1.82, 2.24) is 14.9 Å². The van der Waals surface area contributed by atoms with Gasteiger partial charge in [0, 0.05) is 12.5 Å². The Morgan fingerprint density at radius 2 is 1.79 bits per heavy atom. The second-order valence-electron chi connectivity index (χ2n) is 9.68. The lowest BCUT2D eigenvalue weighted by Crippen LogP contribution is -2.50. The molecule has 0 radical (unpaired) electrons. The quantitative estimate of drug-likeness (QED) is 0.516. The molecule has 1 atom stereocenters. The fraction of sp³-hybridized carbons (Fsp3) is 0.393. The van der Waals surface area contributed by atoms with Gasteiger partial charge in [-0.3, -0.25) is 14.8 Å². The van der Waals surface area contributed by atoms with E-state index in [2.05, 4.69) is 60.4 Å². The highest BCUT2D eigenvalue weighted by atomic mass is 16.2. The third-order valence-electron chi connectivity index (χ3n) is 7.34. The van der Waals surface area contributed by atoms with Gasteiger partial charge in [-0.1, -0.05) is 74.4 Å². The van der Waals surface area contributed by atoms with Crippen LogP contribution in [0.1, 0.15) is 62.0 Å². The van der Waals surface area contributed by atoms with Gasteiger partial charge >= 0.3 is 6.03 Å². The molecule has 3 aliphatic rings. The van der Waals surface area contributed by atoms with E-state index >= 15 is 0 Å². The van der Waals surface area contributed by atoms with Crippen LogP contribution in [0.4, 0.5) is 10.6 Å². The van der Waals surface area contributed by atoms with Gasteiger partial charge in [0.2, 0.25) is 0 Å². The summed E-state index contributed by atoms with van der Waals surface area (Å²) in [5.41, 5.74) is 4.63. The van der Waals surface area contributed by atoms with Crippen molar-refractivity contribution in [2.45, 2.75) is 57.4 Å². The van der Waals surface area contributed by atoms with E-state index in [0.29, 0.717) is 19.0 Å². The Labute approximate surface area is 200 Å². The molecule has 1 saturated carbocycles. The lowest BCUT2D eigenvalue weighted by atomic mass is 9.95. The minimum Gasteiger partial charge on any atom is -0.337 e. The van der Waals surface area contributed by atoms with Crippen molar-refractivity contribution in [2.24, 2.45) is 4.99 Å². The summed E-state index contributed by atoms with van der Waals surface area (Å²) >= 11 is 0. The molecule has 6 heteroatoms. The third kappa shape index (κ3) is 3.61. The zero-order chi connectivity index (χ0) is 23.1. The summed E-state index contributed by atoms with van der Waals surface area (Å²) in [6, 6.07) is 19.1. The summed E-state index contributed by atoms with van der Waals surface area (Å²) in [6.45, 7) is 3.38. The van der Waals surface area contributed by atoms with E-state index in [1.165, 1.54) is 42.4 Å². The van der Waals surface area contributed by atoms with Gasteiger partial charge in [0.05, 0.1) is 12.6 Å². The largest absolute Gasteiger partial charge is 0.337 e. The number of nitrogens with zero attached hydrogens (tertiary/aromatic N) is 4. The predicted octanol–water partition coefficient (Wildman–Crippen LogP) is 5.76. The number of anilines is 1. The number of carbonyl (C=O) groups excluding carboxylic acids is 1. The second kappa shape index (κ2) is 8.75. The number of rotatable bonds is 6. The normalized spacial score (nSPS) is 20.0. The summed E-state index contributed by atoms with van der Waals surface area (Å²) in [5.74, 6) is 3.03. The molecule has 0 bridgehead atoms. The van der Waals surface area contributed by atoms with Gasteiger partial charge < -0.3 is 4.98 Å². The van der Waals surface area contributed by atoms with Crippen molar-refractivity contribution in [3.63, 3.8) is 0 Å². The molecule has 0 spiro atoms. The number of urea groups is 1. The number of benzene rings is 2. The summed E-state index contributed by atoms with van der Waals surface area (Å²) in [7, 11) is 0. The Bertz CT molecular complexity index is 1220. The molecule has 1 unspecified atom stereocenters. The highest BCUT2D eigenvalue weighted by molar-refractivity contribution is 6.18. The van der Waals surface area contributed by atoms with Crippen LogP contribution in [0.25, 0.3) is 11.1 Å². The number of aliphatic imine (C=N–C) groups is 1. The SMILES string of the molecule is CCCN1C(=O)N2CC(Cc3ccccc3-c3ccccc3)N=C2c2[nH]c(C3CCCC3)nc21. The maximum atomic E-state index is 13.5. The fourth-order valence-corrected chi connectivity index (χ4v) is 5.70. The number of amides is 2. The number of fused-ring (bicyclic) bond motifs is 3. The molecule has 174 valence electrons. The average Bonchev–Trinajstić information content (AvgIpc) is 3.62. The Hall–Kier alpha value is -3.41. The van der Waals surface area contributed by atoms with Gasteiger partial charge in [0.15, 0.2) is 11.7 Å². The van der Waals surface area contributed by atoms with Crippen molar-refractivity contribution >= 4 is 17.7 Å². The van der Waals surface area contributed by atoms with E-state index in [0.717, 1.165) is 36.0 Å². The first-order valence-electron chi connectivity index (χ1n) is 12.6. The molecule has 34 heavy (non-hydrogen) atoms. The summed E-state index contributed by atoms with van der Waals surface area (Å²) in [6.07, 6.45) is 6.54. The highest BCUT2D eigenvalue weighted by Crippen LogP contribution is 2.38. The molecule has 1 fully saturated rings. The number of amidine groups is 1. The van der Waals surface area contributed by atoms with Gasteiger partial charge in [-0.05, 0) is 42.4 Å². The van der Waals surface area contributed by atoms with Crippen LogP contribution >= 0.6 is 0 Å². The van der Waals surface area contributed by atoms with Gasteiger partial charge in [-0.2, -0.15) is 0 Å². The number of hydrogen-bond donors (Lipinski definition) is 1. The number of carbonyl (C=O) groups is 1. The van der Waals surface area contributed by atoms with Crippen LogP contribution in [-0.4, -0.2) is 45.9 Å². The van der Waals surface area contributed by atoms with Gasteiger partial charge in [-0.15, -0.1) is 0 Å². The Morgan fingerprint density at radius 1 is 1.03 bits per heavy atom. The first kappa shape index (κ1) is 21.1. The number of hydrogen-bond acceptors (Lipinski definition) is 3. The predicted molar refractivity (Wildman–Crippen MR) is 135 cm³/mol. The smallest absolute Gasteiger partial charge is 0.331 e. The Morgan fingerprint density at radius 3 is 2.59 bits per heavy atom. The van der Waals surface area contributed by atoms with Crippen molar-refractivity contribution < 1.29 is 4.79 Å². The van der Waals surface area contributed by atoms with Crippen LogP contribution in [0.5, 0.6) is 0 Å². The molecule has 6 nitrogen and oxygen atoms in total. The van der Waals surface area contributed by atoms with Crippen LogP contribution in [0.3, 0.4) is 0 Å². The number of aromatic amines is 1. The molecule has 1 aliphatic carbocycles. The molecule has 2 aromatic carbocycles. The molecule has 3 heterocycles. The van der Waals surface area contributed by atoms with Gasteiger partial charge in [0.25, 0.3) is 0 Å². The summed E-state index contributed by atoms with van der Waals surface area (Å²) < 4.78 is 0. The molecule has 2 amide bonds. The molecule has 2 aliphatic heterocycles. The number of nitrogens with one attached hydrogen (secondary N) is 1. The van der Waals surface area contributed by atoms with Crippen LogP contribution < -0.4 is 4.90 Å². The first-order chi connectivity index (χ1) is 16.7. The number of H-pyrrole nitrogens is 1. The van der Waals surface area contributed by atoms with E-state index < -0.39 is 0 Å².